The van der Waals surface area contributed by atoms with Crippen molar-refractivity contribution in [2.24, 2.45) is 0 Å². The number of hydrogen-bond donors (Lipinski definition) is 2. The van der Waals surface area contributed by atoms with Crippen LogP contribution in [0.25, 0.3) is 0 Å². The second-order valence-corrected chi connectivity index (χ2v) is 4.35. The summed E-state index contributed by atoms with van der Waals surface area (Å²) >= 11 is 0. The van der Waals surface area contributed by atoms with Crippen molar-refractivity contribution in [1.82, 2.24) is 10.6 Å². The van der Waals surface area contributed by atoms with Gasteiger partial charge in [-0.15, -0.1) is 0 Å². The Morgan fingerprint density at radius 2 is 2.11 bits per heavy atom. The minimum Gasteiger partial charge on any atom is -0.483 e. The van der Waals surface area contributed by atoms with Gasteiger partial charge in [-0.25, -0.2) is 0 Å². The minimum atomic E-state index is -0.149. The van der Waals surface area contributed by atoms with Crippen molar-refractivity contribution in [2.75, 3.05) is 27.4 Å². The molecule has 1 amide bonds. The number of methoxy groups -OCH3 is 1. The molecule has 0 fully saturated rings. The second kappa shape index (κ2) is 8.50. The van der Waals surface area contributed by atoms with Crippen molar-refractivity contribution >= 4 is 5.91 Å². The maximum Gasteiger partial charge on any atom is 0.258 e. The van der Waals surface area contributed by atoms with Crippen molar-refractivity contribution in [3.8, 4) is 5.75 Å². The lowest BCUT2D eigenvalue weighted by molar-refractivity contribution is -0.124. The van der Waals surface area contributed by atoms with Gasteiger partial charge < -0.3 is 20.1 Å². The molecule has 0 saturated carbocycles. The van der Waals surface area contributed by atoms with E-state index in [2.05, 4.69) is 10.6 Å². The van der Waals surface area contributed by atoms with Crippen LogP contribution in [0, 0.1) is 0 Å². The summed E-state index contributed by atoms with van der Waals surface area (Å²) in [7, 11) is 3.48. The SMILES string of the molecule is CNCc1ccccc1OCC(=O)NC(C)COC. The molecule has 0 heterocycles. The highest BCUT2D eigenvalue weighted by Gasteiger charge is 2.09. The Kier molecular flexibility index (Phi) is 6.92. The summed E-state index contributed by atoms with van der Waals surface area (Å²) in [6, 6.07) is 7.64. The topological polar surface area (TPSA) is 59.6 Å². The molecule has 0 spiro atoms. The number of para-hydroxylation sites is 1. The fourth-order valence-corrected chi connectivity index (χ4v) is 1.73. The van der Waals surface area contributed by atoms with E-state index in [9.17, 15) is 4.79 Å². The molecule has 0 radical (unpaired) electrons. The number of carbonyl (C=O) groups excluding carboxylic acids is 1. The first kappa shape index (κ1) is 15.5. The highest BCUT2D eigenvalue weighted by molar-refractivity contribution is 5.77. The number of benzene rings is 1. The minimum absolute atomic E-state index is 0.00871. The quantitative estimate of drug-likeness (QED) is 0.735. The third-order valence-corrected chi connectivity index (χ3v) is 2.52. The van der Waals surface area contributed by atoms with Crippen LogP contribution in [0.5, 0.6) is 5.75 Å². The molecule has 5 nitrogen and oxygen atoms in total. The van der Waals surface area contributed by atoms with Crippen LogP contribution >= 0.6 is 0 Å². The summed E-state index contributed by atoms with van der Waals surface area (Å²) in [4.78, 5) is 11.7. The Balaban J connectivity index is 2.45. The Morgan fingerprint density at radius 1 is 1.37 bits per heavy atom. The van der Waals surface area contributed by atoms with Gasteiger partial charge in [-0.05, 0) is 20.0 Å². The van der Waals surface area contributed by atoms with E-state index >= 15 is 0 Å². The summed E-state index contributed by atoms with van der Waals surface area (Å²) in [6.07, 6.45) is 0. The van der Waals surface area contributed by atoms with Gasteiger partial charge in [-0.1, -0.05) is 18.2 Å². The van der Waals surface area contributed by atoms with Crippen molar-refractivity contribution in [2.45, 2.75) is 19.5 Å². The Morgan fingerprint density at radius 3 is 2.79 bits per heavy atom. The van der Waals surface area contributed by atoms with E-state index < -0.39 is 0 Å². The van der Waals surface area contributed by atoms with E-state index in [-0.39, 0.29) is 18.6 Å². The number of ether oxygens (including phenoxy) is 2. The Hall–Kier alpha value is -1.59. The van der Waals surface area contributed by atoms with Crippen LogP contribution in [0.1, 0.15) is 12.5 Å². The summed E-state index contributed by atoms with van der Waals surface area (Å²) in [5, 5.41) is 5.86. The van der Waals surface area contributed by atoms with Crippen LogP contribution in [0.3, 0.4) is 0 Å². The predicted octanol–water partition coefficient (Wildman–Crippen LogP) is 0.936. The second-order valence-electron chi connectivity index (χ2n) is 4.35. The van der Waals surface area contributed by atoms with Crippen LogP contribution in [0.4, 0.5) is 0 Å². The lowest BCUT2D eigenvalue weighted by Gasteiger charge is -2.14. The number of rotatable bonds is 8. The Bertz CT molecular complexity index is 396. The summed E-state index contributed by atoms with van der Waals surface area (Å²) in [5.41, 5.74) is 1.03. The van der Waals surface area contributed by atoms with Gasteiger partial charge in [0, 0.05) is 25.3 Å². The zero-order chi connectivity index (χ0) is 14.1. The van der Waals surface area contributed by atoms with Gasteiger partial charge in [0.1, 0.15) is 5.75 Å². The number of amides is 1. The molecule has 5 heteroatoms. The molecule has 19 heavy (non-hydrogen) atoms. The molecule has 1 aromatic carbocycles. The van der Waals surface area contributed by atoms with Crippen molar-refractivity contribution in [3.05, 3.63) is 29.8 Å². The number of carbonyl (C=O) groups is 1. The molecule has 0 aliphatic carbocycles. The van der Waals surface area contributed by atoms with E-state index in [1.165, 1.54) is 0 Å². The standard InChI is InChI=1S/C14H22N2O3/c1-11(9-18-3)16-14(17)10-19-13-7-5-4-6-12(13)8-15-2/h4-7,11,15H,8-10H2,1-3H3,(H,16,17). The maximum absolute atomic E-state index is 11.7. The molecule has 1 atom stereocenters. The molecule has 1 unspecified atom stereocenters. The van der Waals surface area contributed by atoms with Gasteiger partial charge in [0.15, 0.2) is 6.61 Å². The largest absolute Gasteiger partial charge is 0.483 e. The lowest BCUT2D eigenvalue weighted by Crippen LogP contribution is -2.38. The lowest BCUT2D eigenvalue weighted by atomic mass is 10.2. The maximum atomic E-state index is 11.7. The van der Waals surface area contributed by atoms with Crippen molar-refractivity contribution in [3.63, 3.8) is 0 Å². The summed E-state index contributed by atoms with van der Waals surface area (Å²) in [6.45, 7) is 3.09. The first-order chi connectivity index (χ1) is 9.17. The van der Waals surface area contributed by atoms with E-state index in [0.717, 1.165) is 11.3 Å². The normalized spacial score (nSPS) is 11.9. The molecular formula is C14H22N2O3. The molecule has 0 aliphatic heterocycles. The van der Waals surface area contributed by atoms with Gasteiger partial charge in [0.25, 0.3) is 5.91 Å². The molecule has 0 aromatic heterocycles. The molecule has 106 valence electrons. The van der Waals surface area contributed by atoms with Crippen LogP contribution in [0.2, 0.25) is 0 Å². The fourth-order valence-electron chi connectivity index (χ4n) is 1.73. The molecular weight excluding hydrogens is 244 g/mol. The molecule has 0 aliphatic rings. The predicted molar refractivity (Wildman–Crippen MR) is 74.2 cm³/mol. The molecule has 0 saturated heterocycles. The van der Waals surface area contributed by atoms with Crippen LogP contribution < -0.4 is 15.4 Å². The number of nitrogens with one attached hydrogen (secondary N) is 2. The van der Waals surface area contributed by atoms with Crippen LogP contribution in [-0.4, -0.2) is 39.3 Å². The van der Waals surface area contributed by atoms with E-state index in [1.807, 2.05) is 38.2 Å². The first-order valence-electron chi connectivity index (χ1n) is 6.31. The van der Waals surface area contributed by atoms with Gasteiger partial charge >= 0.3 is 0 Å². The average molecular weight is 266 g/mol. The smallest absolute Gasteiger partial charge is 0.258 e. The van der Waals surface area contributed by atoms with E-state index in [4.69, 9.17) is 9.47 Å². The highest BCUT2D eigenvalue weighted by Crippen LogP contribution is 2.17. The molecule has 2 N–H and O–H groups in total. The zero-order valence-electron chi connectivity index (χ0n) is 11.7. The monoisotopic (exact) mass is 266 g/mol. The molecule has 1 aromatic rings. The van der Waals surface area contributed by atoms with Gasteiger partial charge in [0.2, 0.25) is 0 Å². The molecule has 0 bridgehead atoms. The van der Waals surface area contributed by atoms with E-state index in [1.54, 1.807) is 7.11 Å². The molecule has 1 rings (SSSR count). The average Bonchev–Trinajstić information content (AvgIpc) is 2.38. The Labute approximate surface area is 114 Å². The first-order valence-corrected chi connectivity index (χ1v) is 6.31. The zero-order valence-corrected chi connectivity index (χ0v) is 11.7. The van der Waals surface area contributed by atoms with Crippen molar-refractivity contribution < 1.29 is 14.3 Å². The van der Waals surface area contributed by atoms with Crippen molar-refractivity contribution in [1.29, 1.82) is 0 Å². The van der Waals surface area contributed by atoms with Gasteiger partial charge in [-0.3, -0.25) is 4.79 Å². The van der Waals surface area contributed by atoms with Gasteiger partial charge in [0.05, 0.1) is 6.61 Å². The van der Waals surface area contributed by atoms with Crippen LogP contribution in [-0.2, 0) is 16.1 Å². The highest BCUT2D eigenvalue weighted by atomic mass is 16.5. The summed E-state index contributed by atoms with van der Waals surface area (Å²) < 4.78 is 10.5. The van der Waals surface area contributed by atoms with Crippen LogP contribution in [0.15, 0.2) is 24.3 Å². The third-order valence-electron chi connectivity index (χ3n) is 2.52. The van der Waals surface area contributed by atoms with Gasteiger partial charge in [-0.2, -0.15) is 0 Å². The number of hydrogen-bond acceptors (Lipinski definition) is 4. The third kappa shape index (κ3) is 5.72. The summed E-state index contributed by atoms with van der Waals surface area (Å²) in [5.74, 6) is 0.579. The fraction of sp³-hybridized carbons (Fsp3) is 0.500. The van der Waals surface area contributed by atoms with E-state index in [0.29, 0.717) is 13.2 Å².